The van der Waals surface area contributed by atoms with Gasteiger partial charge in [-0.05, 0) is 33.2 Å². The zero-order valence-electron chi connectivity index (χ0n) is 8.89. The summed E-state index contributed by atoms with van der Waals surface area (Å²) in [5.74, 6) is 0. The van der Waals surface area contributed by atoms with Gasteiger partial charge in [-0.15, -0.1) is 0 Å². The van der Waals surface area contributed by atoms with E-state index in [1.54, 1.807) is 0 Å². The Labute approximate surface area is 76.7 Å². The second kappa shape index (κ2) is 7.56. The quantitative estimate of drug-likeness (QED) is 0.637. The number of ether oxygens (including phenoxy) is 1. The maximum atomic E-state index is 5.53. The van der Waals surface area contributed by atoms with Crippen LogP contribution in [0.4, 0.5) is 0 Å². The summed E-state index contributed by atoms with van der Waals surface area (Å²) in [5, 5.41) is 3.45. The molecule has 2 nitrogen and oxygen atoms in total. The first-order chi connectivity index (χ1) is 5.70. The molecule has 0 fully saturated rings. The predicted octanol–water partition coefficient (Wildman–Crippen LogP) is 2.19. The van der Waals surface area contributed by atoms with Crippen molar-refractivity contribution < 1.29 is 4.74 Å². The van der Waals surface area contributed by atoms with Gasteiger partial charge in [0.25, 0.3) is 0 Å². The molecular formula is C10H23NO. The van der Waals surface area contributed by atoms with Crippen molar-refractivity contribution in [2.75, 3.05) is 13.2 Å². The molecule has 0 aromatic rings. The first kappa shape index (κ1) is 11.9. The summed E-state index contributed by atoms with van der Waals surface area (Å²) in [7, 11) is 0. The molecule has 0 saturated carbocycles. The van der Waals surface area contributed by atoms with Gasteiger partial charge in [0.1, 0.15) is 0 Å². The summed E-state index contributed by atoms with van der Waals surface area (Å²) < 4.78 is 5.53. The largest absolute Gasteiger partial charge is 0.377 e. The number of hydrogen-bond donors (Lipinski definition) is 1. The molecule has 0 bridgehead atoms. The van der Waals surface area contributed by atoms with Crippen molar-refractivity contribution in [2.24, 2.45) is 0 Å². The highest BCUT2D eigenvalue weighted by Gasteiger charge is 2.05. The van der Waals surface area contributed by atoms with Gasteiger partial charge in [-0.3, -0.25) is 0 Å². The minimum Gasteiger partial charge on any atom is -0.377 e. The van der Waals surface area contributed by atoms with E-state index in [1.807, 2.05) is 0 Å². The molecule has 0 amide bonds. The van der Waals surface area contributed by atoms with Gasteiger partial charge in [-0.1, -0.05) is 13.8 Å². The van der Waals surface area contributed by atoms with Crippen molar-refractivity contribution in [1.82, 2.24) is 5.32 Å². The first-order valence-corrected chi connectivity index (χ1v) is 5.05. The van der Waals surface area contributed by atoms with Gasteiger partial charge >= 0.3 is 0 Å². The van der Waals surface area contributed by atoms with E-state index in [0.717, 1.165) is 19.6 Å². The number of rotatable bonds is 7. The lowest BCUT2D eigenvalue weighted by atomic mass is 10.2. The monoisotopic (exact) mass is 173 g/mol. The van der Waals surface area contributed by atoms with Crippen molar-refractivity contribution in [3.8, 4) is 0 Å². The van der Waals surface area contributed by atoms with Gasteiger partial charge in [0.05, 0.1) is 12.7 Å². The molecule has 0 spiro atoms. The minimum atomic E-state index is 0.350. The molecule has 1 atom stereocenters. The Morgan fingerprint density at radius 2 is 1.92 bits per heavy atom. The smallest absolute Gasteiger partial charge is 0.0622 e. The Morgan fingerprint density at radius 1 is 1.25 bits per heavy atom. The van der Waals surface area contributed by atoms with Crippen molar-refractivity contribution in [2.45, 2.75) is 52.7 Å². The van der Waals surface area contributed by atoms with E-state index in [1.165, 1.54) is 6.42 Å². The molecule has 0 radical (unpaired) electrons. The van der Waals surface area contributed by atoms with Crippen LogP contribution in [-0.2, 0) is 4.74 Å². The third-order valence-electron chi connectivity index (χ3n) is 1.81. The fourth-order valence-electron chi connectivity index (χ4n) is 0.978. The third-order valence-corrected chi connectivity index (χ3v) is 1.81. The van der Waals surface area contributed by atoms with Crippen LogP contribution in [0.1, 0.15) is 40.5 Å². The molecule has 0 aliphatic heterocycles. The Bertz CT molecular complexity index is 93.8. The Kier molecular flexibility index (Phi) is 7.51. The van der Waals surface area contributed by atoms with Crippen molar-refractivity contribution in [3.05, 3.63) is 0 Å². The van der Waals surface area contributed by atoms with Crippen LogP contribution >= 0.6 is 0 Å². The van der Waals surface area contributed by atoms with Crippen molar-refractivity contribution in [3.63, 3.8) is 0 Å². The maximum Gasteiger partial charge on any atom is 0.0622 e. The molecule has 0 aromatic heterocycles. The molecule has 0 rings (SSSR count). The van der Waals surface area contributed by atoms with Crippen LogP contribution in [0.2, 0.25) is 0 Å². The molecule has 2 heteroatoms. The summed E-state index contributed by atoms with van der Waals surface area (Å²) in [6.07, 6.45) is 2.69. The highest BCUT2D eigenvalue weighted by Crippen LogP contribution is 1.95. The normalized spacial score (nSPS) is 13.8. The summed E-state index contributed by atoms with van der Waals surface area (Å²) in [4.78, 5) is 0. The van der Waals surface area contributed by atoms with Crippen molar-refractivity contribution in [1.29, 1.82) is 0 Å². The van der Waals surface area contributed by atoms with Crippen LogP contribution in [0.3, 0.4) is 0 Å². The van der Waals surface area contributed by atoms with Crippen LogP contribution < -0.4 is 5.32 Å². The van der Waals surface area contributed by atoms with Gasteiger partial charge in [0.2, 0.25) is 0 Å². The van der Waals surface area contributed by atoms with Crippen LogP contribution in [0.5, 0.6) is 0 Å². The molecule has 74 valence electrons. The highest BCUT2D eigenvalue weighted by molar-refractivity contribution is 4.63. The Morgan fingerprint density at radius 3 is 2.33 bits per heavy atom. The van der Waals surface area contributed by atoms with Crippen LogP contribution in [0, 0.1) is 0 Å². The number of hydrogen-bond acceptors (Lipinski definition) is 2. The zero-order chi connectivity index (χ0) is 9.40. The third kappa shape index (κ3) is 6.62. The van der Waals surface area contributed by atoms with E-state index in [0.29, 0.717) is 12.1 Å². The van der Waals surface area contributed by atoms with E-state index < -0.39 is 0 Å². The van der Waals surface area contributed by atoms with Crippen LogP contribution in [0.15, 0.2) is 0 Å². The second-order valence-electron chi connectivity index (χ2n) is 3.44. The van der Waals surface area contributed by atoms with Gasteiger partial charge in [-0.2, -0.15) is 0 Å². The molecule has 0 aromatic carbocycles. The number of nitrogens with one attached hydrogen (secondary N) is 1. The average Bonchev–Trinajstić information content (AvgIpc) is 2.05. The lowest BCUT2D eigenvalue weighted by Crippen LogP contribution is -2.34. The average molecular weight is 173 g/mol. The topological polar surface area (TPSA) is 21.3 Å². The van der Waals surface area contributed by atoms with Gasteiger partial charge < -0.3 is 10.1 Å². The van der Waals surface area contributed by atoms with Crippen LogP contribution in [-0.4, -0.2) is 25.3 Å². The van der Waals surface area contributed by atoms with Crippen molar-refractivity contribution >= 4 is 0 Å². The lowest BCUT2D eigenvalue weighted by Gasteiger charge is -2.18. The molecular weight excluding hydrogens is 150 g/mol. The standard InChI is InChI=1S/C10H23NO/c1-5-7-11-10(6-2)8-12-9(3)4/h9-11H,5-8H2,1-4H3. The van der Waals surface area contributed by atoms with E-state index >= 15 is 0 Å². The van der Waals surface area contributed by atoms with E-state index in [2.05, 4.69) is 33.0 Å². The SMILES string of the molecule is CCCNC(CC)COC(C)C. The molecule has 1 N–H and O–H groups in total. The molecule has 1 unspecified atom stereocenters. The Hall–Kier alpha value is -0.0800. The summed E-state index contributed by atoms with van der Waals surface area (Å²) in [5.41, 5.74) is 0. The van der Waals surface area contributed by atoms with E-state index in [-0.39, 0.29) is 0 Å². The van der Waals surface area contributed by atoms with Gasteiger partial charge in [-0.25, -0.2) is 0 Å². The minimum absolute atomic E-state index is 0.350. The van der Waals surface area contributed by atoms with Gasteiger partial charge in [0.15, 0.2) is 0 Å². The van der Waals surface area contributed by atoms with E-state index in [9.17, 15) is 0 Å². The molecule has 0 saturated heterocycles. The lowest BCUT2D eigenvalue weighted by molar-refractivity contribution is 0.0605. The molecule has 0 aliphatic rings. The predicted molar refractivity (Wildman–Crippen MR) is 53.5 cm³/mol. The van der Waals surface area contributed by atoms with E-state index in [4.69, 9.17) is 4.74 Å². The van der Waals surface area contributed by atoms with Crippen LogP contribution in [0.25, 0.3) is 0 Å². The highest BCUT2D eigenvalue weighted by atomic mass is 16.5. The summed E-state index contributed by atoms with van der Waals surface area (Å²) in [6.45, 7) is 10.5. The first-order valence-electron chi connectivity index (χ1n) is 5.05. The summed E-state index contributed by atoms with van der Waals surface area (Å²) in [6, 6.07) is 0.535. The molecule has 12 heavy (non-hydrogen) atoms. The maximum absolute atomic E-state index is 5.53. The fourth-order valence-corrected chi connectivity index (χ4v) is 0.978. The van der Waals surface area contributed by atoms with Gasteiger partial charge in [0, 0.05) is 6.04 Å². The Balaban J connectivity index is 3.39. The zero-order valence-corrected chi connectivity index (χ0v) is 8.89. The fraction of sp³-hybridized carbons (Fsp3) is 1.00. The molecule has 0 heterocycles. The second-order valence-corrected chi connectivity index (χ2v) is 3.44. The summed E-state index contributed by atoms with van der Waals surface area (Å²) >= 11 is 0. The molecule has 0 aliphatic carbocycles.